The average Bonchev–Trinajstić information content (AvgIpc) is 3.19. The molecule has 0 aliphatic carbocycles. The summed E-state index contributed by atoms with van der Waals surface area (Å²) in [6.45, 7) is 6.39. The summed E-state index contributed by atoms with van der Waals surface area (Å²) in [5.41, 5.74) is 2.14. The number of aryl methyl sites for hydroxylation is 1. The van der Waals surface area contributed by atoms with Crippen LogP contribution in [0.5, 0.6) is 11.5 Å². The number of nitrogens with zero attached hydrogens (tertiary/aromatic N) is 2. The highest BCUT2D eigenvalue weighted by Gasteiger charge is 2.29. The molecule has 1 saturated heterocycles. The van der Waals surface area contributed by atoms with Crippen molar-refractivity contribution in [3.05, 3.63) is 41.3 Å². The van der Waals surface area contributed by atoms with Gasteiger partial charge in [0.2, 0.25) is 0 Å². The summed E-state index contributed by atoms with van der Waals surface area (Å²) in [6, 6.07) is 7.93. The van der Waals surface area contributed by atoms with Crippen molar-refractivity contribution in [3.63, 3.8) is 0 Å². The molecule has 5 heteroatoms. The van der Waals surface area contributed by atoms with Crippen molar-refractivity contribution in [3.8, 4) is 11.5 Å². The summed E-state index contributed by atoms with van der Waals surface area (Å²) in [7, 11) is 0. The molecule has 1 N–H and O–H groups in total. The Morgan fingerprint density at radius 3 is 2.96 bits per heavy atom. The summed E-state index contributed by atoms with van der Waals surface area (Å²) >= 11 is 0. The molecule has 1 aromatic carbocycles. The van der Waals surface area contributed by atoms with Gasteiger partial charge in [0.15, 0.2) is 17.3 Å². The highest BCUT2D eigenvalue weighted by molar-refractivity contribution is 5.41. The Kier molecular flexibility index (Phi) is 4.86. The van der Waals surface area contributed by atoms with Gasteiger partial charge in [-0.05, 0) is 50.4 Å². The molecule has 2 aromatic rings. The zero-order chi connectivity index (χ0) is 16.2. The predicted octanol–water partition coefficient (Wildman–Crippen LogP) is 3.68. The van der Waals surface area contributed by atoms with E-state index in [9.17, 15) is 5.11 Å². The molecule has 124 valence electrons. The monoisotopic (exact) mass is 316 g/mol. The highest BCUT2D eigenvalue weighted by atomic mass is 16.5. The van der Waals surface area contributed by atoms with Crippen LogP contribution < -0.4 is 4.74 Å². The molecular formula is C18H24N2O3. The summed E-state index contributed by atoms with van der Waals surface area (Å²) in [5.74, 6) is 1.70. The van der Waals surface area contributed by atoms with E-state index in [1.54, 1.807) is 6.07 Å². The number of ether oxygens (including phenoxy) is 1. The first-order valence-corrected chi connectivity index (χ1v) is 8.35. The van der Waals surface area contributed by atoms with Crippen LogP contribution >= 0.6 is 0 Å². The topological polar surface area (TPSA) is 58.7 Å². The largest absolute Gasteiger partial charge is 0.504 e. The Hall–Kier alpha value is -2.01. The van der Waals surface area contributed by atoms with Gasteiger partial charge >= 0.3 is 0 Å². The van der Waals surface area contributed by atoms with Gasteiger partial charge in [0.25, 0.3) is 0 Å². The van der Waals surface area contributed by atoms with Gasteiger partial charge in [-0.1, -0.05) is 18.1 Å². The molecule has 0 bridgehead atoms. The normalized spacial score (nSPS) is 18.4. The number of hydrogen-bond donors (Lipinski definition) is 1. The third kappa shape index (κ3) is 3.50. The lowest BCUT2D eigenvalue weighted by molar-refractivity contribution is 0.206. The molecule has 0 spiro atoms. The first kappa shape index (κ1) is 15.9. The maximum Gasteiger partial charge on any atom is 0.161 e. The highest BCUT2D eigenvalue weighted by Crippen LogP contribution is 2.35. The SMILES string of the molecule is CCOc1cc(CN2CCC[C@H]2c2cc(CC)no2)ccc1O. The van der Waals surface area contributed by atoms with E-state index in [0.29, 0.717) is 12.4 Å². The van der Waals surface area contributed by atoms with Crippen molar-refractivity contribution in [1.82, 2.24) is 10.1 Å². The maximum atomic E-state index is 9.82. The van der Waals surface area contributed by atoms with Crippen LogP contribution in [-0.2, 0) is 13.0 Å². The molecule has 0 unspecified atom stereocenters. The summed E-state index contributed by atoms with van der Waals surface area (Å²) in [5, 5.41) is 13.9. The first-order valence-electron chi connectivity index (χ1n) is 8.35. The van der Waals surface area contributed by atoms with Crippen LogP contribution in [0.25, 0.3) is 0 Å². The molecule has 3 rings (SSSR count). The van der Waals surface area contributed by atoms with Gasteiger partial charge in [0, 0.05) is 12.6 Å². The second-order valence-corrected chi connectivity index (χ2v) is 5.94. The fourth-order valence-electron chi connectivity index (χ4n) is 3.15. The van der Waals surface area contributed by atoms with Crippen LogP contribution in [0.1, 0.15) is 49.7 Å². The molecule has 1 aromatic heterocycles. The van der Waals surface area contributed by atoms with Gasteiger partial charge in [0.05, 0.1) is 18.3 Å². The summed E-state index contributed by atoms with van der Waals surface area (Å²) in [4.78, 5) is 2.40. The van der Waals surface area contributed by atoms with E-state index in [1.165, 1.54) is 0 Å². The minimum Gasteiger partial charge on any atom is -0.504 e. The molecule has 1 atom stereocenters. The second kappa shape index (κ2) is 7.04. The number of rotatable bonds is 6. The van der Waals surface area contributed by atoms with Crippen LogP contribution in [0.15, 0.2) is 28.8 Å². The number of phenolic OH excluding ortho intramolecular Hbond substituents is 1. The quantitative estimate of drug-likeness (QED) is 0.881. The third-order valence-corrected chi connectivity index (χ3v) is 4.34. The van der Waals surface area contributed by atoms with Crippen molar-refractivity contribution in [2.24, 2.45) is 0 Å². The Bertz CT molecular complexity index is 653. The first-order chi connectivity index (χ1) is 11.2. The van der Waals surface area contributed by atoms with Crippen molar-refractivity contribution in [2.75, 3.05) is 13.2 Å². The van der Waals surface area contributed by atoms with Crippen LogP contribution in [0.2, 0.25) is 0 Å². The zero-order valence-electron chi connectivity index (χ0n) is 13.8. The van der Waals surface area contributed by atoms with Gasteiger partial charge in [-0.15, -0.1) is 0 Å². The van der Waals surface area contributed by atoms with E-state index in [4.69, 9.17) is 9.26 Å². The van der Waals surface area contributed by atoms with Gasteiger partial charge in [0.1, 0.15) is 0 Å². The molecule has 5 nitrogen and oxygen atoms in total. The Balaban J connectivity index is 1.74. The molecule has 1 aliphatic rings. The fourth-order valence-corrected chi connectivity index (χ4v) is 3.15. The number of benzene rings is 1. The zero-order valence-corrected chi connectivity index (χ0v) is 13.8. The van der Waals surface area contributed by atoms with Crippen molar-refractivity contribution >= 4 is 0 Å². The van der Waals surface area contributed by atoms with Gasteiger partial charge in [-0.25, -0.2) is 0 Å². The second-order valence-electron chi connectivity index (χ2n) is 5.94. The lowest BCUT2D eigenvalue weighted by atomic mass is 10.1. The molecule has 1 aliphatic heterocycles. The molecule has 0 amide bonds. The Morgan fingerprint density at radius 2 is 2.22 bits per heavy atom. The van der Waals surface area contributed by atoms with Crippen molar-refractivity contribution < 1.29 is 14.4 Å². The van der Waals surface area contributed by atoms with E-state index in [0.717, 1.165) is 49.4 Å². The van der Waals surface area contributed by atoms with E-state index in [1.807, 2.05) is 19.1 Å². The average molecular weight is 316 g/mol. The van der Waals surface area contributed by atoms with Crippen LogP contribution in [0.3, 0.4) is 0 Å². The van der Waals surface area contributed by atoms with Gasteiger partial charge < -0.3 is 14.4 Å². The third-order valence-electron chi connectivity index (χ3n) is 4.34. The number of aromatic hydroxyl groups is 1. The summed E-state index contributed by atoms with van der Waals surface area (Å²) in [6.07, 6.45) is 3.14. The van der Waals surface area contributed by atoms with Crippen LogP contribution in [-0.4, -0.2) is 28.3 Å². The molecule has 23 heavy (non-hydrogen) atoms. The maximum absolute atomic E-state index is 9.82. The van der Waals surface area contributed by atoms with Gasteiger partial charge in [-0.2, -0.15) is 0 Å². The lowest BCUT2D eigenvalue weighted by Gasteiger charge is -2.22. The minimum absolute atomic E-state index is 0.191. The molecule has 0 saturated carbocycles. The van der Waals surface area contributed by atoms with E-state index < -0.39 is 0 Å². The molecule has 2 heterocycles. The minimum atomic E-state index is 0.191. The Morgan fingerprint density at radius 1 is 1.35 bits per heavy atom. The van der Waals surface area contributed by atoms with Crippen LogP contribution in [0.4, 0.5) is 0 Å². The molecular weight excluding hydrogens is 292 g/mol. The smallest absolute Gasteiger partial charge is 0.161 e. The van der Waals surface area contributed by atoms with E-state index in [-0.39, 0.29) is 11.8 Å². The fraction of sp³-hybridized carbons (Fsp3) is 0.500. The number of likely N-dealkylation sites (tertiary alicyclic amines) is 1. The molecule has 1 fully saturated rings. The van der Waals surface area contributed by atoms with Crippen molar-refractivity contribution in [2.45, 2.75) is 45.7 Å². The van der Waals surface area contributed by atoms with E-state index in [2.05, 4.69) is 23.0 Å². The van der Waals surface area contributed by atoms with E-state index >= 15 is 0 Å². The lowest BCUT2D eigenvalue weighted by Crippen LogP contribution is -2.22. The Labute approximate surface area is 136 Å². The predicted molar refractivity (Wildman–Crippen MR) is 87.5 cm³/mol. The molecule has 0 radical (unpaired) electrons. The summed E-state index contributed by atoms with van der Waals surface area (Å²) < 4.78 is 11.0. The van der Waals surface area contributed by atoms with Crippen LogP contribution in [0, 0.1) is 0 Å². The number of phenols is 1. The number of aromatic nitrogens is 1. The van der Waals surface area contributed by atoms with Crippen molar-refractivity contribution in [1.29, 1.82) is 0 Å². The standard InChI is InChI=1S/C18H24N2O3/c1-3-14-11-17(23-19-14)15-6-5-9-20(15)12-13-7-8-16(21)18(10-13)22-4-2/h7-8,10-11,15,21H,3-6,9,12H2,1-2H3/t15-/m0/s1. The number of hydrogen-bond acceptors (Lipinski definition) is 5. The van der Waals surface area contributed by atoms with Gasteiger partial charge in [-0.3, -0.25) is 4.90 Å².